The molecule has 0 aliphatic heterocycles. The van der Waals surface area contributed by atoms with E-state index in [1.54, 1.807) is 0 Å². The zero-order valence-corrected chi connectivity index (χ0v) is 9.20. The van der Waals surface area contributed by atoms with Crippen molar-refractivity contribution in [2.45, 2.75) is 6.10 Å². The Morgan fingerprint density at radius 2 is 2.13 bits per heavy atom. The molecule has 0 spiro atoms. The maximum Gasteiger partial charge on any atom is 0.124 e. The molecule has 1 rings (SSSR count). The number of aliphatic hydroxyl groups is 1. The number of halogens is 1. The van der Waals surface area contributed by atoms with Crippen LogP contribution >= 0.6 is 0 Å². The molecule has 1 aromatic rings. The summed E-state index contributed by atoms with van der Waals surface area (Å²) in [5, 5.41) is 9.84. The lowest BCUT2D eigenvalue weighted by Crippen LogP contribution is -2.20. The Hall–Kier alpha value is -1.13. The fraction of sp³-hybridized carbons (Fsp3) is 0.455. The molecule has 0 saturated heterocycles. The summed E-state index contributed by atoms with van der Waals surface area (Å²) in [4.78, 5) is 1.83. The number of aliphatic hydroxyl groups excluding tert-OH is 1. The first-order valence-corrected chi connectivity index (χ1v) is 4.71. The van der Waals surface area contributed by atoms with Gasteiger partial charge in [0.1, 0.15) is 11.6 Å². The highest BCUT2D eigenvalue weighted by atomic mass is 19.1. The normalized spacial score (nSPS) is 12.9. The van der Waals surface area contributed by atoms with Crippen LogP contribution in [0, 0.1) is 5.82 Å². The van der Waals surface area contributed by atoms with E-state index in [-0.39, 0.29) is 5.82 Å². The van der Waals surface area contributed by atoms with Crippen LogP contribution in [0.2, 0.25) is 0 Å². The molecule has 1 aromatic carbocycles. The minimum absolute atomic E-state index is 0.372. The Morgan fingerprint density at radius 1 is 1.47 bits per heavy atom. The maximum atomic E-state index is 13.0. The Bertz CT molecular complexity index is 328. The van der Waals surface area contributed by atoms with E-state index in [0.29, 0.717) is 17.9 Å². The summed E-state index contributed by atoms with van der Waals surface area (Å²) in [6.45, 7) is 0.430. The lowest BCUT2D eigenvalue weighted by molar-refractivity contribution is 0.135. The maximum absolute atomic E-state index is 13.0. The van der Waals surface area contributed by atoms with Crippen molar-refractivity contribution in [3.05, 3.63) is 29.6 Å². The number of hydrogen-bond acceptors (Lipinski definition) is 3. The second kappa shape index (κ2) is 5.09. The molecule has 0 aliphatic rings. The molecule has 15 heavy (non-hydrogen) atoms. The third kappa shape index (κ3) is 3.18. The lowest BCUT2D eigenvalue weighted by Gasteiger charge is -2.18. The standard InChI is InChI=1S/C11H16FNO2/c1-13(2)7-10(14)9-6-8(12)4-5-11(9)15-3/h4-6,10,14H,7H2,1-3H3. The van der Waals surface area contributed by atoms with Crippen LogP contribution in [-0.4, -0.2) is 37.8 Å². The fourth-order valence-electron chi connectivity index (χ4n) is 1.41. The van der Waals surface area contributed by atoms with Gasteiger partial charge < -0.3 is 14.7 Å². The van der Waals surface area contributed by atoms with E-state index in [2.05, 4.69) is 0 Å². The first-order valence-electron chi connectivity index (χ1n) is 4.71. The number of ether oxygens (including phenoxy) is 1. The molecule has 0 aliphatic carbocycles. The summed E-state index contributed by atoms with van der Waals surface area (Å²) in [6, 6.07) is 4.13. The Morgan fingerprint density at radius 3 is 2.67 bits per heavy atom. The molecule has 3 nitrogen and oxygen atoms in total. The number of likely N-dealkylation sites (N-methyl/N-ethyl adjacent to an activating group) is 1. The van der Waals surface area contributed by atoms with Gasteiger partial charge in [0, 0.05) is 12.1 Å². The number of nitrogens with zero attached hydrogens (tertiary/aromatic N) is 1. The van der Waals surface area contributed by atoms with Crippen molar-refractivity contribution < 1.29 is 14.2 Å². The third-order valence-electron chi connectivity index (χ3n) is 2.09. The van der Waals surface area contributed by atoms with E-state index >= 15 is 0 Å². The molecule has 0 saturated carbocycles. The highest BCUT2D eigenvalue weighted by molar-refractivity contribution is 5.35. The Balaban J connectivity index is 2.94. The SMILES string of the molecule is COc1ccc(F)cc1C(O)CN(C)C. The van der Waals surface area contributed by atoms with E-state index < -0.39 is 6.10 Å². The zero-order valence-electron chi connectivity index (χ0n) is 9.20. The van der Waals surface area contributed by atoms with E-state index in [1.165, 1.54) is 25.3 Å². The monoisotopic (exact) mass is 213 g/mol. The van der Waals surface area contributed by atoms with Gasteiger partial charge in [-0.25, -0.2) is 4.39 Å². The van der Waals surface area contributed by atoms with Crippen LogP contribution in [0.3, 0.4) is 0 Å². The van der Waals surface area contributed by atoms with Crippen LogP contribution in [0.4, 0.5) is 4.39 Å². The second-order valence-electron chi connectivity index (χ2n) is 3.66. The average Bonchev–Trinajstić information content (AvgIpc) is 2.16. The molecule has 1 atom stereocenters. The largest absolute Gasteiger partial charge is 0.496 e. The summed E-state index contributed by atoms with van der Waals surface area (Å²) >= 11 is 0. The summed E-state index contributed by atoms with van der Waals surface area (Å²) in [5.41, 5.74) is 0.478. The van der Waals surface area contributed by atoms with Crippen LogP contribution < -0.4 is 4.74 Å². The minimum Gasteiger partial charge on any atom is -0.496 e. The quantitative estimate of drug-likeness (QED) is 0.821. The topological polar surface area (TPSA) is 32.7 Å². The van der Waals surface area contributed by atoms with Crippen molar-refractivity contribution in [3.63, 3.8) is 0 Å². The molecule has 1 unspecified atom stereocenters. The summed E-state index contributed by atoms with van der Waals surface area (Å²) in [5.74, 6) is 0.134. The molecule has 0 aromatic heterocycles. The average molecular weight is 213 g/mol. The highest BCUT2D eigenvalue weighted by Crippen LogP contribution is 2.26. The van der Waals surface area contributed by atoms with Crippen molar-refractivity contribution in [1.82, 2.24) is 4.90 Å². The van der Waals surface area contributed by atoms with Gasteiger partial charge in [0.15, 0.2) is 0 Å². The van der Waals surface area contributed by atoms with Crippen LogP contribution in [0.5, 0.6) is 5.75 Å². The first kappa shape index (κ1) is 11.9. The van der Waals surface area contributed by atoms with Gasteiger partial charge in [-0.1, -0.05) is 0 Å². The number of hydrogen-bond donors (Lipinski definition) is 1. The third-order valence-corrected chi connectivity index (χ3v) is 2.09. The van der Waals surface area contributed by atoms with E-state index in [1.807, 2.05) is 19.0 Å². The van der Waals surface area contributed by atoms with Gasteiger partial charge in [-0.05, 0) is 32.3 Å². The molecule has 0 radical (unpaired) electrons. The van der Waals surface area contributed by atoms with Crippen LogP contribution in [0.15, 0.2) is 18.2 Å². The van der Waals surface area contributed by atoms with Gasteiger partial charge in [-0.15, -0.1) is 0 Å². The fourth-order valence-corrected chi connectivity index (χ4v) is 1.41. The molecule has 0 bridgehead atoms. The molecule has 4 heteroatoms. The van der Waals surface area contributed by atoms with Crippen molar-refractivity contribution in [2.24, 2.45) is 0 Å². The van der Waals surface area contributed by atoms with E-state index in [4.69, 9.17) is 4.74 Å². The number of rotatable bonds is 4. The van der Waals surface area contributed by atoms with Gasteiger partial charge >= 0.3 is 0 Å². The van der Waals surface area contributed by atoms with Gasteiger partial charge in [0.25, 0.3) is 0 Å². The molecule has 0 heterocycles. The predicted octanol–water partition coefficient (Wildman–Crippen LogP) is 1.43. The van der Waals surface area contributed by atoms with Crippen LogP contribution in [-0.2, 0) is 0 Å². The second-order valence-corrected chi connectivity index (χ2v) is 3.66. The molecular formula is C11H16FNO2. The van der Waals surface area contributed by atoms with Crippen molar-refractivity contribution in [3.8, 4) is 5.75 Å². The predicted molar refractivity (Wildman–Crippen MR) is 56.5 cm³/mol. The zero-order chi connectivity index (χ0) is 11.4. The van der Waals surface area contributed by atoms with Gasteiger partial charge in [-0.2, -0.15) is 0 Å². The minimum atomic E-state index is -0.745. The molecule has 0 amide bonds. The molecule has 1 N–H and O–H groups in total. The smallest absolute Gasteiger partial charge is 0.124 e. The molecular weight excluding hydrogens is 197 g/mol. The van der Waals surface area contributed by atoms with E-state index in [9.17, 15) is 9.50 Å². The Labute approximate surface area is 89.1 Å². The number of methoxy groups -OCH3 is 1. The van der Waals surface area contributed by atoms with Gasteiger partial charge in [0.2, 0.25) is 0 Å². The summed E-state index contributed by atoms with van der Waals surface area (Å²) in [6.07, 6.45) is -0.745. The van der Waals surface area contributed by atoms with Crippen LogP contribution in [0.25, 0.3) is 0 Å². The van der Waals surface area contributed by atoms with Gasteiger partial charge in [0.05, 0.1) is 13.2 Å². The van der Waals surface area contributed by atoms with Gasteiger partial charge in [-0.3, -0.25) is 0 Å². The lowest BCUT2D eigenvalue weighted by atomic mass is 10.1. The summed E-state index contributed by atoms with van der Waals surface area (Å²) < 4.78 is 18.1. The summed E-state index contributed by atoms with van der Waals surface area (Å²) in [7, 11) is 5.18. The van der Waals surface area contributed by atoms with E-state index in [0.717, 1.165) is 0 Å². The Kier molecular flexibility index (Phi) is 4.05. The van der Waals surface area contributed by atoms with Crippen molar-refractivity contribution in [1.29, 1.82) is 0 Å². The molecule has 84 valence electrons. The molecule has 0 fully saturated rings. The highest BCUT2D eigenvalue weighted by Gasteiger charge is 2.14. The van der Waals surface area contributed by atoms with Crippen LogP contribution in [0.1, 0.15) is 11.7 Å². The first-order chi connectivity index (χ1) is 7.04. The van der Waals surface area contributed by atoms with Crippen molar-refractivity contribution in [2.75, 3.05) is 27.7 Å². The number of benzene rings is 1. The van der Waals surface area contributed by atoms with Crippen molar-refractivity contribution >= 4 is 0 Å².